The molecular weight excluding hydrogens is 336 g/mol. The topological polar surface area (TPSA) is 93.4 Å². The predicted molar refractivity (Wildman–Crippen MR) is 78.3 cm³/mol. The quantitative estimate of drug-likeness (QED) is 0.556. The SMILES string of the molecule is N#CCCn1c2ccc(Br)cc2c2nc3nonc3nc21. The fourth-order valence-electron chi connectivity index (χ4n) is 2.43. The summed E-state index contributed by atoms with van der Waals surface area (Å²) in [6, 6.07) is 8.07. The third kappa shape index (κ3) is 1.78. The van der Waals surface area contributed by atoms with Crippen LogP contribution in [0.15, 0.2) is 27.3 Å². The molecule has 0 saturated carbocycles. The number of halogens is 1. The second-order valence-electron chi connectivity index (χ2n) is 4.53. The van der Waals surface area contributed by atoms with Gasteiger partial charge in [-0.25, -0.2) is 14.6 Å². The lowest BCUT2D eigenvalue weighted by molar-refractivity contribution is 0.314. The number of aromatic nitrogens is 5. The number of benzene rings is 1. The van der Waals surface area contributed by atoms with Crippen LogP contribution >= 0.6 is 15.9 Å². The highest BCUT2D eigenvalue weighted by Crippen LogP contribution is 2.30. The monoisotopic (exact) mass is 342 g/mol. The highest BCUT2D eigenvalue weighted by molar-refractivity contribution is 9.10. The summed E-state index contributed by atoms with van der Waals surface area (Å²) < 4.78 is 7.59. The first-order valence-electron chi connectivity index (χ1n) is 6.22. The molecule has 3 aromatic heterocycles. The van der Waals surface area contributed by atoms with Gasteiger partial charge in [0, 0.05) is 16.4 Å². The van der Waals surface area contributed by atoms with Crippen LogP contribution in [0.2, 0.25) is 0 Å². The summed E-state index contributed by atoms with van der Waals surface area (Å²) >= 11 is 3.47. The molecule has 0 aliphatic rings. The summed E-state index contributed by atoms with van der Waals surface area (Å²) in [5.41, 5.74) is 3.13. The number of hydrogen-bond donors (Lipinski definition) is 0. The normalized spacial score (nSPS) is 11.4. The molecule has 102 valence electrons. The maximum absolute atomic E-state index is 8.85. The molecule has 0 atom stereocenters. The minimum Gasteiger partial charge on any atom is -0.323 e. The second kappa shape index (κ2) is 4.49. The zero-order valence-corrected chi connectivity index (χ0v) is 12.2. The Hall–Kier alpha value is -2.53. The van der Waals surface area contributed by atoms with Gasteiger partial charge in [-0.1, -0.05) is 15.9 Å². The third-order valence-electron chi connectivity index (χ3n) is 3.30. The zero-order chi connectivity index (χ0) is 14.4. The van der Waals surface area contributed by atoms with E-state index in [-0.39, 0.29) is 0 Å². The molecule has 0 aliphatic carbocycles. The molecule has 1 aromatic carbocycles. The van der Waals surface area contributed by atoms with Crippen LogP contribution in [0.25, 0.3) is 33.4 Å². The fourth-order valence-corrected chi connectivity index (χ4v) is 2.79. The first-order chi connectivity index (χ1) is 10.3. The zero-order valence-electron chi connectivity index (χ0n) is 10.6. The maximum atomic E-state index is 8.85. The summed E-state index contributed by atoms with van der Waals surface area (Å²) in [4.78, 5) is 8.95. The summed E-state index contributed by atoms with van der Waals surface area (Å²) in [5, 5.41) is 17.3. The van der Waals surface area contributed by atoms with Crippen molar-refractivity contribution in [2.45, 2.75) is 13.0 Å². The van der Waals surface area contributed by atoms with Crippen molar-refractivity contribution in [1.29, 1.82) is 5.26 Å². The van der Waals surface area contributed by atoms with E-state index in [1.165, 1.54) is 0 Å². The Labute approximate surface area is 126 Å². The molecule has 0 fully saturated rings. The summed E-state index contributed by atoms with van der Waals surface area (Å²) in [5.74, 6) is 0. The van der Waals surface area contributed by atoms with Gasteiger partial charge in [-0.3, -0.25) is 0 Å². The minimum absolute atomic E-state index is 0.363. The van der Waals surface area contributed by atoms with E-state index in [1.54, 1.807) is 0 Å². The van der Waals surface area contributed by atoms with Gasteiger partial charge in [0.15, 0.2) is 5.65 Å². The molecule has 0 N–H and O–H groups in total. The van der Waals surface area contributed by atoms with Crippen LogP contribution in [-0.4, -0.2) is 24.8 Å². The summed E-state index contributed by atoms with van der Waals surface area (Å²) in [6.45, 7) is 0.545. The van der Waals surface area contributed by atoms with Gasteiger partial charge in [-0.15, -0.1) is 0 Å². The van der Waals surface area contributed by atoms with Gasteiger partial charge in [0.1, 0.15) is 5.52 Å². The van der Waals surface area contributed by atoms with Crippen molar-refractivity contribution in [3.63, 3.8) is 0 Å². The Morgan fingerprint density at radius 3 is 2.86 bits per heavy atom. The van der Waals surface area contributed by atoms with Gasteiger partial charge in [0.25, 0.3) is 0 Å². The van der Waals surface area contributed by atoms with Gasteiger partial charge in [-0.05, 0) is 28.5 Å². The van der Waals surface area contributed by atoms with Crippen molar-refractivity contribution in [2.24, 2.45) is 0 Å². The van der Waals surface area contributed by atoms with Crippen LogP contribution in [-0.2, 0) is 6.54 Å². The molecule has 0 spiro atoms. The molecule has 0 unspecified atom stereocenters. The molecule has 8 heteroatoms. The lowest BCUT2D eigenvalue weighted by atomic mass is 10.2. The van der Waals surface area contributed by atoms with E-state index < -0.39 is 0 Å². The van der Waals surface area contributed by atoms with Gasteiger partial charge in [0.2, 0.25) is 11.3 Å². The molecular formula is C13H7BrN6O. The van der Waals surface area contributed by atoms with Crippen LogP contribution in [0.3, 0.4) is 0 Å². The van der Waals surface area contributed by atoms with E-state index in [9.17, 15) is 0 Å². The summed E-state index contributed by atoms with van der Waals surface area (Å²) in [6.07, 6.45) is 0.395. The Bertz CT molecular complexity index is 1030. The van der Waals surface area contributed by atoms with Gasteiger partial charge >= 0.3 is 0 Å². The van der Waals surface area contributed by atoms with Crippen LogP contribution < -0.4 is 0 Å². The fraction of sp³-hybridized carbons (Fsp3) is 0.154. The Kier molecular flexibility index (Phi) is 2.62. The molecule has 0 aliphatic heterocycles. The van der Waals surface area contributed by atoms with Crippen molar-refractivity contribution < 1.29 is 4.63 Å². The number of nitriles is 1. The van der Waals surface area contributed by atoms with Crippen molar-refractivity contribution in [3.05, 3.63) is 22.7 Å². The number of nitrogens with zero attached hydrogens (tertiary/aromatic N) is 6. The molecule has 3 heterocycles. The minimum atomic E-state index is 0.363. The first-order valence-corrected chi connectivity index (χ1v) is 7.02. The molecule has 0 amide bonds. The maximum Gasteiger partial charge on any atom is 0.245 e. The highest BCUT2D eigenvalue weighted by Gasteiger charge is 2.16. The van der Waals surface area contributed by atoms with Gasteiger partial charge in [-0.2, -0.15) is 5.26 Å². The molecule has 21 heavy (non-hydrogen) atoms. The average Bonchev–Trinajstić information content (AvgIpc) is 3.05. The summed E-state index contributed by atoms with van der Waals surface area (Å²) in [7, 11) is 0. The van der Waals surface area contributed by atoms with Crippen molar-refractivity contribution >= 4 is 49.3 Å². The van der Waals surface area contributed by atoms with E-state index in [4.69, 9.17) is 5.26 Å². The molecule has 0 saturated heterocycles. The van der Waals surface area contributed by atoms with Crippen LogP contribution in [0.4, 0.5) is 0 Å². The number of hydrogen-bond acceptors (Lipinski definition) is 6. The van der Waals surface area contributed by atoms with E-state index in [0.717, 1.165) is 20.9 Å². The van der Waals surface area contributed by atoms with E-state index >= 15 is 0 Å². The van der Waals surface area contributed by atoms with E-state index in [0.29, 0.717) is 29.9 Å². The predicted octanol–water partition coefficient (Wildman–Crippen LogP) is 2.80. The molecule has 0 radical (unpaired) electrons. The first kappa shape index (κ1) is 12.2. The van der Waals surface area contributed by atoms with Crippen molar-refractivity contribution in [3.8, 4) is 6.07 Å². The van der Waals surface area contributed by atoms with Crippen molar-refractivity contribution in [2.75, 3.05) is 0 Å². The Balaban J connectivity index is 2.16. The average molecular weight is 343 g/mol. The highest BCUT2D eigenvalue weighted by atomic mass is 79.9. The third-order valence-corrected chi connectivity index (χ3v) is 3.80. The van der Waals surface area contributed by atoms with Crippen LogP contribution in [0.1, 0.15) is 6.42 Å². The van der Waals surface area contributed by atoms with Crippen LogP contribution in [0, 0.1) is 11.3 Å². The standard InChI is InChI=1S/C13H7BrN6O/c14-7-2-3-9-8(6-7)10-13(20(9)5-1-4-15)17-12-11(16-10)18-21-19-12/h2-3,6H,1,5H2. The number of aryl methyl sites for hydroxylation is 1. The molecule has 7 nitrogen and oxygen atoms in total. The van der Waals surface area contributed by atoms with Gasteiger partial charge in [0.05, 0.1) is 18.0 Å². The lowest BCUT2D eigenvalue weighted by Crippen LogP contribution is -1.98. The number of rotatable bonds is 2. The van der Waals surface area contributed by atoms with Gasteiger partial charge < -0.3 is 4.57 Å². The second-order valence-corrected chi connectivity index (χ2v) is 5.44. The Morgan fingerprint density at radius 2 is 2.05 bits per heavy atom. The van der Waals surface area contributed by atoms with E-state index in [1.807, 2.05) is 22.8 Å². The molecule has 4 aromatic rings. The smallest absolute Gasteiger partial charge is 0.245 e. The van der Waals surface area contributed by atoms with Crippen molar-refractivity contribution in [1.82, 2.24) is 24.8 Å². The van der Waals surface area contributed by atoms with E-state index in [2.05, 4.69) is 46.9 Å². The Morgan fingerprint density at radius 1 is 1.24 bits per heavy atom. The largest absolute Gasteiger partial charge is 0.323 e. The lowest BCUT2D eigenvalue weighted by Gasteiger charge is -2.02. The molecule has 4 rings (SSSR count). The molecule has 0 bridgehead atoms. The number of fused-ring (bicyclic) bond motifs is 4. The van der Waals surface area contributed by atoms with Crippen LogP contribution in [0.5, 0.6) is 0 Å².